The number of rotatable bonds is 5. The Morgan fingerprint density at radius 2 is 1.81 bits per heavy atom. The molecule has 7 nitrogen and oxygen atoms in total. The number of carbonyl (C=O) groups excluding carboxylic acids is 1. The predicted octanol–water partition coefficient (Wildman–Crippen LogP) is 2.97. The Labute approximate surface area is 157 Å². The molecule has 1 N–H and O–H groups in total. The number of nitrogens with one attached hydrogen (secondary N) is 1. The Balaban J connectivity index is 1.71. The summed E-state index contributed by atoms with van der Waals surface area (Å²) >= 11 is 1.10. The third-order valence-electron chi connectivity index (χ3n) is 4.21. The molecule has 2 aromatic rings. The Hall–Kier alpha value is -2.13. The normalized spacial score (nSPS) is 15.3. The number of likely N-dealkylation sites (tertiary alicyclic amines) is 1. The van der Waals surface area contributed by atoms with Gasteiger partial charge in [0.15, 0.2) is 5.13 Å². The van der Waals surface area contributed by atoms with Crippen LogP contribution in [0.3, 0.4) is 0 Å². The third kappa shape index (κ3) is 4.34. The zero-order valence-corrected chi connectivity index (χ0v) is 16.1. The van der Waals surface area contributed by atoms with Crippen LogP contribution in [0.5, 0.6) is 5.75 Å². The molecule has 1 aromatic heterocycles. The fourth-order valence-electron chi connectivity index (χ4n) is 2.78. The van der Waals surface area contributed by atoms with E-state index in [-0.39, 0.29) is 21.6 Å². The number of anilines is 1. The molecule has 1 aromatic carbocycles. The number of ether oxygens (including phenoxy) is 1. The minimum atomic E-state index is -3.76. The van der Waals surface area contributed by atoms with Crippen LogP contribution in [0.15, 0.2) is 34.5 Å². The molecule has 2 heterocycles. The Bertz CT molecular complexity index is 854. The maximum atomic E-state index is 12.6. The zero-order valence-electron chi connectivity index (χ0n) is 14.5. The van der Waals surface area contributed by atoms with Gasteiger partial charge in [0.2, 0.25) is 0 Å². The summed E-state index contributed by atoms with van der Waals surface area (Å²) in [6.45, 7) is 1.45. The monoisotopic (exact) mass is 395 g/mol. The van der Waals surface area contributed by atoms with Crippen molar-refractivity contribution in [2.45, 2.75) is 30.6 Å². The lowest BCUT2D eigenvalue weighted by atomic mass is 10.2. The molecule has 0 bridgehead atoms. The molecule has 1 aliphatic rings. The summed E-state index contributed by atoms with van der Waals surface area (Å²) in [7, 11) is -2.25. The third-order valence-corrected chi connectivity index (χ3v) is 6.45. The van der Waals surface area contributed by atoms with Gasteiger partial charge in [0, 0.05) is 18.5 Å². The molecule has 140 valence electrons. The SMILES string of the molecule is COc1ccc(S(=O)(=O)Nc2nc(C(=O)N3CCCCCC3)cs2)cc1. The number of carbonyl (C=O) groups is 1. The van der Waals surface area contributed by atoms with Crippen LogP contribution < -0.4 is 9.46 Å². The van der Waals surface area contributed by atoms with Crippen molar-refractivity contribution in [3.8, 4) is 5.75 Å². The minimum absolute atomic E-state index is 0.105. The molecule has 0 atom stereocenters. The van der Waals surface area contributed by atoms with E-state index in [4.69, 9.17) is 4.74 Å². The van der Waals surface area contributed by atoms with Crippen LogP contribution in [0.2, 0.25) is 0 Å². The van der Waals surface area contributed by atoms with Crippen molar-refractivity contribution in [1.29, 1.82) is 0 Å². The standard InChI is InChI=1S/C17H21N3O4S2/c1-24-13-6-8-14(9-7-13)26(22,23)19-17-18-15(12-25-17)16(21)20-10-4-2-3-5-11-20/h6-9,12H,2-5,10-11H2,1H3,(H,18,19). The van der Waals surface area contributed by atoms with Crippen LogP contribution in [0.4, 0.5) is 5.13 Å². The molecule has 3 rings (SSSR count). The number of sulfonamides is 1. The summed E-state index contributed by atoms with van der Waals surface area (Å²) in [5.74, 6) is 0.432. The second-order valence-electron chi connectivity index (χ2n) is 6.03. The van der Waals surface area contributed by atoms with E-state index < -0.39 is 10.0 Å². The average Bonchev–Trinajstić information content (AvgIpc) is 2.92. The molecule has 1 amide bonds. The van der Waals surface area contributed by atoms with E-state index in [1.54, 1.807) is 22.4 Å². The van der Waals surface area contributed by atoms with E-state index in [1.165, 1.54) is 19.2 Å². The van der Waals surface area contributed by atoms with Gasteiger partial charge in [-0.05, 0) is 37.1 Å². The van der Waals surface area contributed by atoms with Gasteiger partial charge >= 0.3 is 0 Å². The van der Waals surface area contributed by atoms with Gasteiger partial charge in [0.05, 0.1) is 12.0 Å². The Kier molecular flexibility index (Phi) is 5.77. The van der Waals surface area contributed by atoms with Crippen molar-refractivity contribution in [1.82, 2.24) is 9.88 Å². The second-order valence-corrected chi connectivity index (χ2v) is 8.57. The fourth-order valence-corrected chi connectivity index (χ4v) is 4.72. The van der Waals surface area contributed by atoms with Crippen LogP contribution in [0.1, 0.15) is 36.2 Å². The number of thiazole rings is 1. The molecule has 1 saturated heterocycles. The highest BCUT2D eigenvalue weighted by Crippen LogP contribution is 2.23. The Morgan fingerprint density at radius 1 is 1.15 bits per heavy atom. The van der Waals surface area contributed by atoms with Crippen molar-refractivity contribution in [2.24, 2.45) is 0 Å². The van der Waals surface area contributed by atoms with Crippen LogP contribution in [0.25, 0.3) is 0 Å². The molecule has 26 heavy (non-hydrogen) atoms. The van der Waals surface area contributed by atoms with Crippen molar-refractivity contribution in [3.63, 3.8) is 0 Å². The molecule has 1 aliphatic heterocycles. The van der Waals surface area contributed by atoms with Crippen molar-refractivity contribution in [3.05, 3.63) is 35.3 Å². The van der Waals surface area contributed by atoms with E-state index in [9.17, 15) is 13.2 Å². The molecule has 0 unspecified atom stereocenters. The largest absolute Gasteiger partial charge is 0.497 e. The highest BCUT2D eigenvalue weighted by Gasteiger charge is 2.22. The van der Waals surface area contributed by atoms with E-state index in [1.807, 2.05) is 0 Å². The lowest BCUT2D eigenvalue weighted by Crippen LogP contribution is -2.32. The zero-order chi connectivity index (χ0) is 18.6. The summed E-state index contributed by atoms with van der Waals surface area (Å²) in [6.07, 6.45) is 4.25. The van der Waals surface area contributed by atoms with Crippen LogP contribution in [0, 0.1) is 0 Å². The summed E-state index contributed by atoms with van der Waals surface area (Å²) in [5.41, 5.74) is 0.282. The summed E-state index contributed by atoms with van der Waals surface area (Å²) in [5, 5.41) is 1.78. The first-order valence-corrected chi connectivity index (χ1v) is 10.8. The number of nitrogens with zero attached hydrogens (tertiary/aromatic N) is 2. The first kappa shape index (κ1) is 18.7. The lowest BCUT2D eigenvalue weighted by molar-refractivity contribution is 0.0756. The maximum absolute atomic E-state index is 12.6. The predicted molar refractivity (Wildman–Crippen MR) is 100 cm³/mol. The molecule has 0 spiro atoms. The lowest BCUT2D eigenvalue weighted by Gasteiger charge is -2.18. The molecule has 0 saturated carbocycles. The van der Waals surface area contributed by atoms with Gasteiger partial charge in [-0.1, -0.05) is 12.8 Å². The fraction of sp³-hybridized carbons (Fsp3) is 0.412. The number of aromatic nitrogens is 1. The minimum Gasteiger partial charge on any atom is -0.497 e. The molecule has 0 radical (unpaired) electrons. The smallest absolute Gasteiger partial charge is 0.273 e. The van der Waals surface area contributed by atoms with Crippen molar-refractivity contribution in [2.75, 3.05) is 24.9 Å². The van der Waals surface area contributed by atoms with Crippen LogP contribution in [-0.2, 0) is 10.0 Å². The van der Waals surface area contributed by atoms with Crippen molar-refractivity contribution >= 4 is 32.4 Å². The second kappa shape index (κ2) is 8.05. The first-order valence-electron chi connectivity index (χ1n) is 8.41. The van der Waals surface area contributed by atoms with Gasteiger partial charge in [0.25, 0.3) is 15.9 Å². The molecule has 0 aliphatic carbocycles. The van der Waals surface area contributed by atoms with Gasteiger partial charge in [0.1, 0.15) is 11.4 Å². The summed E-state index contributed by atoms with van der Waals surface area (Å²) in [4.78, 5) is 18.6. The average molecular weight is 396 g/mol. The van der Waals surface area contributed by atoms with E-state index >= 15 is 0 Å². The number of methoxy groups -OCH3 is 1. The van der Waals surface area contributed by atoms with E-state index in [2.05, 4.69) is 9.71 Å². The maximum Gasteiger partial charge on any atom is 0.273 e. The van der Waals surface area contributed by atoms with Gasteiger partial charge in [-0.15, -0.1) is 11.3 Å². The molecule has 9 heteroatoms. The van der Waals surface area contributed by atoms with E-state index in [0.717, 1.165) is 50.1 Å². The summed E-state index contributed by atoms with van der Waals surface area (Å²) in [6, 6.07) is 6.06. The Morgan fingerprint density at radius 3 is 2.42 bits per heavy atom. The topological polar surface area (TPSA) is 88.6 Å². The number of hydrogen-bond acceptors (Lipinski definition) is 6. The van der Waals surface area contributed by atoms with Crippen molar-refractivity contribution < 1.29 is 17.9 Å². The number of benzene rings is 1. The number of amides is 1. The molecule has 1 fully saturated rings. The molecular weight excluding hydrogens is 374 g/mol. The van der Waals surface area contributed by atoms with Gasteiger partial charge < -0.3 is 9.64 Å². The number of hydrogen-bond donors (Lipinski definition) is 1. The highest BCUT2D eigenvalue weighted by molar-refractivity contribution is 7.93. The van der Waals surface area contributed by atoms with Gasteiger partial charge in [-0.3, -0.25) is 9.52 Å². The van der Waals surface area contributed by atoms with Crippen LogP contribution >= 0.6 is 11.3 Å². The van der Waals surface area contributed by atoms with Crippen LogP contribution in [-0.4, -0.2) is 44.4 Å². The quantitative estimate of drug-likeness (QED) is 0.841. The van der Waals surface area contributed by atoms with Gasteiger partial charge in [-0.2, -0.15) is 0 Å². The highest BCUT2D eigenvalue weighted by atomic mass is 32.2. The van der Waals surface area contributed by atoms with Gasteiger partial charge in [-0.25, -0.2) is 13.4 Å². The molecular formula is C17H21N3O4S2. The summed E-state index contributed by atoms with van der Waals surface area (Å²) < 4.78 is 32.4. The first-order chi connectivity index (χ1) is 12.5. The van der Waals surface area contributed by atoms with E-state index in [0.29, 0.717) is 5.75 Å².